The minimum Gasteiger partial charge on any atom is -0.487 e. The zero-order chi connectivity index (χ0) is 31.9. The molecule has 2 aliphatic heterocycles. The Balaban J connectivity index is 1.35. The molecular formula is C32H33ClFN5O5S. The Bertz CT molecular complexity index is 1920. The van der Waals surface area contributed by atoms with E-state index in [-0.39, 0.29) is 33.5 Å². The normalized spacial score (nSPS) is 16.7. The lowest BCUT2D eigenvalue weighted by molar-refractivity contribution is -0.147. The van der Waals surface area contributed by atoms with Crippen LogP contribution in [0, 0.1) is 12.7 Å². The Morgan fingerprint density at radius 2 is 1.98 bits per heavy atom. The summed E-state index contributed by atoms with van der Waals surface area (Å²) in [6.07, 6.45) is 3.24. The number of hydrogen-bond acceptors (Lipinski definition) is 9. The first-order chi connectivity index (χ1) is 21.5. The number of benzene rings is 3. The van der Waals surface area contributed by atoms with Gasteiger partial charge in [-0.25, -0.2) is 22.8 Å². The van der Waals surface area contributed by atoms with Crippen LogP contribution < -0.4 is 20.1 Å². The summed E-state index contributed by atoms with van der Waals surface area (Å²) in [5.74, 6) is -0.416. The Morgan fingerprint density at radius 3 is 2.71 bits per heavy atom. The van der Waals surface area contributed by atoms with Crippen LogP contribution in [-0.4, -0.2) is 50.1 Å². The van der Waals surface area contributed by atoms with E-state index in [0.717, 1.165) is 42.4 Å². The van der Waals surface area contributed by atoms with Gasteiger partial charge in [-0.1, -0.05) is 18.5 Å². The summed E-state index contributed by atoms with van der Waals surface area (Å²) in [6, 6.07) is 9.40. The van der Waals surface area contributed by atoms with E-state index in [1.54, 1.807) is 6.20 Å². The lowest BCUT2D eigenvalue weighted by atomic mass is 9.93. The highest BCUT2D eigenvalue weighted by atomic mass is 35.5. The number of fused-ring (bicyclic) bond motifs is 2. The van der Waals surface area contributed by atoms with E-state index < -0.39 is 27.9 Å². The zero-order valence-corrected chi connectivity index (χ0v) is 26.6. The van der Waals surface area contributed by atoms with Gasteiger partial charge in [-0.2, -0.15) is 0 Å². The molecule has 0 aliphatic carbocycles. The molecule has 0 unspecified atom stereocenters. The topological polar surface area (TPSA) is 132 Å². The van der Waals surface area contributed by atoms with Crippen LogP contribution in [0.3, 0.4) is 0 Å². The molecule has 3 heterocycles. The van der Waals surface area contributed by atoms with Gasteiger partial charge in [0, 0.05) is 40.7 Å². The van der Waals surface area contributed by atoms with E-state index in [0.29, 0.717) is 35.1 Å². The predicted molar refractivity (Wildman–Crippen MR) is 171 cm³/mol. The summed E-state index contributed by atoms with van der Waals surface area (Å²) in [6.45, 7) is 6.84. The van der Waals surface area contributed by atoms with Crippen molar-refractivity contribution in [3.05, 3.63) is 70.1 Å². The average molecular weight is 654 g/mol. The first-order valence-electron chi connectivity index (χ1n) is 14.8. The van der Waals surface area contributed by atoms with Gasteiger partial charge in [-0.15, -0.1) is 0 Å². The van der Waals surface area contributed by atoms with Crippen molar-refractivity contribution >= 4 is 50.1 Å². The van der Waals surface area contributed by atoms with Crippen LogP contribution in [0.2, 0.25) is 5.02 Å². The number of nitrogens with zero attached hydrogens (tertiary/aromatic N) is 2. The number of piperidine rings is 1. The fraction of sp³-hybridized carbons (Fsp3) is 0.344. The van der Waals surface area contributed by atoms with Crippen molar-refractivity contribution in [2.24, 2.45) is 0 Å². The molecule has 0 bridgehead atoms. The molecule has 1 aromatic heterocycles. The maximum atomic E-state index is 15.6. The lowest BCUT2D eigenvalue weighted by Crippen LogP contribution is -2.35. The van der Waals surface area contributed by atoms with Gasteiger partial charge in [0.15, 0.2) is 6.10 Å². The van der Waals surface area contributed by atoms with Crippen LogP contribution in [0.4, 0.5) is 16.0 Å². The van der Waals surface area contributed by atoms with Crippen molar-refractivity contribution in [1.82, 2.24) is 15.3 Å². The highest BCUT2D eigenvalue weighted by Gasteiger charge is 2.34. The third kappa shape index (κ3) is 6.27. The van der Waals surface area contributed by atoms with E-state index in [2.05, 4.69) is 20.3 Å². The van der Waals surface area contributed by atoms with Crippen LogP contribution in [0.5, 0.6) is 5.75 Å². The van der Waals surface area contributed by atoms with Crippen molar-refractivity contribution in [3.8, 4) is 16.9 Å². The van der Waals surface area contributed by atoms with Gasteiger partial charge in [-0.3, -0.25) is 9.52 Å². The number of carbonyl (C=O) groups is 1. The number of sulfonamides is 1. The molecule has 2 aliphatic rings. The van der Waals surface area contributed by atoms with E-state index in [9.17, 15) is 13.2 Å². The maximum absolute atomic E-state index is 15.6. The van der Waals surface area contributed by atoms with Crippen LogP contribution in [0.1, 0.15) is 49.5 Å². The van der Waals surface area contributed by atoms with E-state index >= 15 is 4.39 Å². The molecule has 45 heavy (non-hydrogen) atoms. The summed E-state index contributed by atoms with van der Waals surface area (Å²) in [4.78, 5) is 20.6. The van der Waals surface area contributed by atoms with Crippen LogP contribution in [-0.2, 0) is 26.0 Å². The number of rotatable bonds is 8. The maximum Gasteiger partial charge on any atom is 0.303 e. The standard InChI is InChI=1S/C32H33ClFN5O5S/c1-4-23-26(39-45(41,42)28-14-21(33)13-24-27(44-18(3)40)16-43-31(24)28)6-5-25(34)29(23)19-11-17(2)30-20(12-19)15-36-32(38-30)37-22-7-9-35-10-8-22/h5-6,11-15,22,27,35,39H,4,7-10,16H2,1-3H3,(H,36,37,38)/t27-/m1/s1. The number of halogens is 2. The Morgan fingerprint density at radius 1 is 1.20 bits per heavy atom. The molecule has 10 nitrogen and oxygen atoms in total. The molecule has 6 rings (SSSR count). The van der Waals surface area contributed by atoms with Crippen molar-refractivity contribution in [2.75, 3.05) is 29.7 Å². The molecule has 236 valence electrons. The Hall–Kier alpha value is -4.00. The molecule has 13 heteroatoms. The fourth-order valence-corrected chi connectivity index (χ4v) is 7.59. The second-order valence-corrected chi connectivity index (χ2v) is 13.3. The van der Waals surface area contributed by atoms with Crippen LogP contribution in [0.15, 0.2) is 47.5 Å². The van der Waals surface area contributed by atoms with Crippen molar-refractivity contribution < 1.29 is 27.1 Å². The third-order valence-electron chi connectivity index (χ3n) is 8.07. The van der Waals surface area contributed by atoms with Gasteiger partial charge >= 0.3 is 5.97 Å². The number of hydrogen-bond donors (Lipinski definition) is 3. The lowest BCUT2D eigenvalue weighted by Gasteiger charge is -2.23. The first-order valence-corrected chi connectivity index (χ1v) is 16.6. The highest BCUT2D eigenvalue weighted by molar-refractivity contribution is 7.92. The molecule has 1 atom stereocenters. The van der Waals surface area contributed by atoms with Crippen molar-refractivity contribution in [1.29, 1.82) is 0 Å². The molecule has 3 aromatic carbocycles. The highest BCUT2D eigenvalue weighted by Crippen LogP contribution is 2.43. The monoisotopic (exact) mass is 653 g/mol. The summed E-state index contributed by atoms with van der Waals surface area (Å²) in [5, 5.41) is 7.64. The fourth-order valence-electron chi connectivity index (χ4n) is 6.01. The largest absolute Gasteiger partial charge is 0.487 e. The van der Waals surface area contributed by atoms with Crippen molar-refractivity contribution in [2.45, 2.75) is 57.1 Å². The molecule has 1 fully saturated rings. The molecular weight excluding hydrogens is 621 g/mol. The number of aromatic nitrogens is 2. The minimum absolute atomic E-state index is 0.0423. The molecule has 0 saturated carbocycles. The molecule has 3 N–H and O–H groups in total. The number of nitrogens with one attached hydrogen (secondary N) is 3. The number of anilines is 2. The van der Waals surface area contributed by atoms with Gasteiger partial charge in [0.1, 0.15) is 23.1 Å². The molecule has 0 amide bonds. The van der Waals surface area contributed by atoms with Crippen LogP contribution in [0.25, 0.3) is 22.0 Å². The molecule has 4 aromatic rings. The molecule has 0 spiro atoms. The number of aryl methyl sites for hydroxylation is 1. The quantitative estimate of drug-likeness (QED) is 0.198. The van der Waals surface area contributed by atoms with Gasteiger partial charge in [0.05, 0.1) is 11.2 Å². The van der Waals surface area contributed by atoms with Gasteiger partial charge in [0.2, 0.25) is 5.95 Å². The summed E-state index contributed by atoms with van der Waals surface area (Å²) >= 11 is 6.29. The van der Waals surface area contributed by atoms with Gasteiger partial charge in [0.25, 0.3) is 10.0 Å². The second kappa shape index (κ2) is 12.4. The average Bonchev–Trinajstić information content (AvgIpc) is 3.39. The van der Waals surface area contributed by atoms with Gasteiger partial charge < -0.3 is 20.1 Å². The summed E-state index contributed by atoms with van der Waals surface area (Å²) in [5.41, 5.74) is 3.49. The first kappa shape index (κ1) is 31.0. The summed E-state index contributed by atoms with van der Waals surface area (Å²) < 4.78 is 56.7. The Kier molecular flexibility index (Phi) is 8.55. The van der Waals surface area contributed by atoms with E-state index in [4.69, 9.17) is 26.1 Å². The zero-order valence-electron chi connectivity index (χ0n) is 25.0. The predicted octanol–water partition coefficient (Wildman–Crippen LogP) is 5.92. The van der Waals surface area contributed by atoms with Crippen molar-refractivity contribution in [3.63, 3.8) is 0 Å². The van der Waals surface area contributed by atoms with Crippen LogP contribution >= 0.6 is 11.6 Å². The third-order valence-corrected chi connectivity index (χ3v) is 9.66. The van der Waals surface area contributed by atoms with E-state index in [1.807, 2.05) is 26.0 Å². The minimum atomic E-state index is -4.27. The Labute approximate surface area is 265 Å². The number of ether oxygens (including phenoxy) is 2. The number of esters is 1. The smallest absolute Gasteiger partial charge is 0.303 e. The summed E-state index contributed by atoms with van der Waals surface area (Å²) in [7, 11) is -4.27. The number of carbonyl (C=O) groups excluding carboxylic acids is 1. The SMILES string of the molecule is CCc1c(NS(=O)(=O)c2cc(Cl)cc3c2OC[C@H]3OC(C)=O)ccc(F)c1-c1cc(C)c2nc(NC3CCNCC3)ncc2c1. The molecule has 1 saturated heterocycles. The van der Waals surface area contributed by atoms with E-state index in [1.165, 1.54) is 31.2 Å². The second-order valence-electron chi connectivity index (χ2n) is 11.2. The molecule has 0 radical (unpaired) electrons. The van der Waals surface area contributed by atoms with Gasteiger partial charge in [-0.05, 0) is 92.4 Å².